The maximum absolute atomic E-state index is 13.5. The van der Waals surface area contributed by atoms with Gasteiger partial charge in [-0.3, -0.25) is 0 Å². The van der Waals surface area contributed by atoms with Gasteiger partial charge >= 0.3 is 29.9 Å². The summed E-state index contributed by atoms with van der Waals surface area (Å²) in [6, 6.07) is 0. The molecule has 0 saturated carbocycles. The van der Waals surface area contributed by atoms with Gasteiger partial charge in [0.1, 0.15) is 0 Å². The number of halogens is 11. The second kappa shape index (κ2) is 11.5. The minimum absolute atomic E-state index is 0.0979. The van der Waals surface area contributed by atoms with Crippen LogP contribution in [0, 0.1) is 0 Å². The second-order valence-corrected chi connectivity index (χ2v) is 7.82. The first-order valence-electron chi connectivity index (χ1n) is 10.4. The highest BCUT2D eigenvalue weighted by Crippen LogP contribution is 2.58. The summed E-state index contributed by atoms with van der Waals surface area (Å²) in [6.45, 7) is 1.13. The molecular formula is C19H27F11O2. The summed E-state index contributed by atoms with van der Waals surface area (Å²) < 4.78 is 153. The van der Waals surface area contributed by atoms with Gasteiger partial charge in [0.15, 0.2) is 6.29 Å². The van der Waals surface area contributed by atoms with Gasteiger partial charge in [-0.2, -0.15) is 48.3 Å². The standard InChI is InChI=1S/C19H27F11O2/c20-15(21,16(22,23)17(24,25)18(26,27)19(28,29)30)11-7-4-2-1-3-5-8-12-31-14-10-6-9-13-32-14/h14H,1-13H2. The molecule has 0 aromatic rings. The fraction of sp³-hybridized carbons (Fsp3) is 1.00. The van der Waals surface area contributed by atoms with Gasteiger partial charge in [0.05, 0.1) is 0 Å². The van der Waals surface area contributed by atoms with E-state index < -0.39 is 42.7 Å². The van der Waals surface area contributed by atoms with Crippen LogP contribution in [0.5, 0.6) is 0 Å². The maximum Gasteiger partial charge on any atom is 0.460 e. The van der Waals surface area contributed by atoms with E-state index in [2.05, 4.69) is 0 Å². The smallest absolute Gasteiger partial charge is 0.353 e. The minimum atomic E-state index is -7.32. The Hall–Kier alpha value is -0.850. The predicted octanol–water partition coefficient (Wildman–Crippen LogP) is 7.75. The number of ether oxygens (including phenoxy) is 2. The number of rotatable bonds is 14. The highest BCUT2D eigenvalue weighted by atomic mass is 19.4. The molecular weight excluding hydrogens is 469 g/mol. The van der Waals surface area contributed by atoms with Crippen LogP contribution < -0.4 is 0 Å². The lowest BCUT2D eigenvalue weighted by atomic mass is 9.94. The fourth-order valence-corrected chi connectivity index (χ4v) is 3.15. The first kappa shape index (κ1) is 29.2. The Kier molecular flexibility index (Phi) is 10.5. The second-order valence-electron chi connectivity index (χ2n) is 7.82. The Morgan fingerprint density at radius 1 is 0.625 bits per heavy atom. The molecule has 0 spiro atoms. The average molecular weight is 496 g/mol. The SMILES string of the molecule is FC(F)(F)C(F)(F)C(F)(F)C(F)(F)C(F)(F)CCCCCCCCCOC1CCCCO1. The number of hydrogen-bond acceptors (Lipinski definition) is 2. The van der Waals surface area contributed by atoms with Crippen LogP contribution in [0.2, 0.25) is 0 Å². The lowest BCUT2D eigenvalue weighted by molar-refractivity contribution is -0.422. The van der Waals surface area contributed by atoms with E-state index in [1.165, 1.54) is 0 Å². The zero-order valence-electron chi connectivity index (χ0n) is 17.2. The molecule has 0 bridgehead atoms. The molecule has 0 aliphatic carbocycles. The molecule has 0 aromatic carbocycles. The molecule has 0 amide bonds. The Morgan fingerprint density at radius 2 is 1.16 bits per heavy atom. The Balaban J connectivity index is 2.30. The molecule has 1 rings (SSSR count). The summed E-state index contributed by atoms with van der Waals surface area (Å²) in [5.41, 5.74) is 0. The van der Waals surface area contributed by atoms with E-state index in [0.29, 0.717) is 32.5 Å². The quantitative estimate of drug-likeness (QED) is 0.181. The summed E-state index contributed by atoms with van der Waals surface area (Å²) in [6.07, 6.45) is -4.36. The molecule has 32 heavy (non-hydrogen) atoms. The summed E-state index contributed by atoms with van der Waals surface area (Å²) in [5, 5.41) is 0. The van der Waals surface area contributed by atoms with E-state index in [9.17, 15) is 48.3 Å². The maximum atomic E-state index is 13.5. The van der Waals surface area contributed by atoms with E-state index in [4.69, 9.17) is 9.47 Å². The van der Waals surface area contributed by atoms with Crippen LogP contribution in [0.25, 0.3) is 0 Å². The van der Waals surface area contributed by atoms with Crippen LogP contribution >= 0.6 is 0 Å². The zero-order valence-corrected chi connectivity index (χ0v) is 17.2. The van der Waals surface area contributed by atoms with Gasteiger partial charge in [-0.25, -0.2) is 0 Å². The van der Waals surface area contributed by atoms with Crippen molar-refractivity contribution in [3.63, 3.8) is 0 Å². The molecule has 1 atom stereocenters. The predicted molar refractivity (Wildman–Crippen MR) is 92.3 cm³/mol. The van der Waals surface area contributed by atoms with Gasteiger partial charge in [0.25, 0.3) is 0 Å². The lowest BCUT2D eigenvalue weighted by Crippen LogP contribution is -2.66. The third-order valence-electron chi connectivity index (χ3n) is 5.18. The van der Waals surface area contributed by atoms with Crippen molar-refractivity contribution >= 4 is 0 Å². The fourth-order valence-electron chi connectivity index (χ4n) is 3.15. The first-order valence-corrected chi connectivity index (χ1v) is 10.4. The first-order chi connectivity index (χ1) is 14.6. The molecule has 1 aliphatic heterocycles. The Morgan fingerprint density at radius 3 is 1.66 bits per heavy atom. The van der Waals surface area contributed by atoms with Crippen LogP contribution in [0.3, 0.4) is 0 Å². The van der Waals surface area contributed by atoms with Gasteiger partial charge in [0, 0.05) is 19.6 Å². The average Bonchev–Trinajstić information content (AvgIpc) is 2.68. The van der Waals surface area contributed by atoms with Gasteiger partial charge < -0.3 is 9.47 Å². The molecule has 192 valence electrons. The van der Waals surface area contributed by atoms with E-state index in [1.807, 2.05) is 0 Å². The van der Waals surface area contributed by atoms with E-state index >= 15 is 0 Å². The van der Waals surface area contributed by atoms with Crippen LogP contribution in [0.15, 0.2) is 0 Å². The summed E-state index contributed by atoms with van der Waals surface area (Å²) in [4.78, 5) is 0. The molecule has 13 heteroatoms. The molecule has 1 heterocycles. The van der Waals surface area contributed by atoms with Gasteiger partial charge in [-0.15, -0.1) is 0 Å². The van der Waals surface area contributed by atoms with E-state index in [1.54, 1.807) is 0 Å². The van der Waals surface area contributed by atoms with Gasteiger partial charge in [0.2, 0.25) is 0 Å². The van der Waals surface area contributed by atoms with Crippen molar-refractivity contribution in [1.29, 1.82) is 0 Å². The highest BCUT2D eigenvalue weighted by molar-refractivity contribution is 5.06. The third-order valence-corrected chi connectivity index (χ3v) is 5.18. The van der Waals surface area contributed by atoms with Crippen molar-refractivity contribution in [2.24, 2.45) is 0 Å². The minimum Gasteiger partial charge on any atom is -0.353 e. The van der Waals surface area contributed by atoms with Crippen molar-refractivity contribution in [3.8, 4) is 0 Å². The molecule has 0 radical (unpaired) electrons. The van der Waals surface area contributed by atoms with E-state index in [0.717, 1.165) is 25.7 Å². The van der Waals surface area contributed by atoms with Crippen molar-refractivity contribution in [2.75, 3.05) is 13.2 Å². The normalized spacial score (nSPS) is 19.4. The molecule has 1 fully saturated rings. The number of hydrogen-bond donors (Lipinski definition) is 0. The lowest BCUT2D eigenvalue weighted by Gasteiger charge is -2.37. The van der Waals surface area contributed by atoms with Crippen LogP contribution in [-0.2, 0) is 9.47 Å². The Bertz CT molecular complexity index is 544. The Labute approximate surface area is 178 Å². The molecule has 1 aliphatic rings. The monoisotopic (exact) mass is 496 g/mol. The van der Waals surface area contributed by atoms with Crippen molar-refractivity contribution in [2.45, 2.75) is 107 Å². The molecule has 1 unspecified atom stereocenters. The zero-order chi connectivity index (χ0) is 24.7. The summed E-state index contributed by atoms with van der Waals surface area (Å²) in [5.74, 6) is -27.3. The highest BCUT2D eigenvalue weighted by Gasteiger charge is 2.86. The van der Waals surface area contributed by atoms with Crippen LogP contribution in [0.4, 0.5) is 48.3 Å². The topological polar surface area (TPSA) is 18.5 Å². The van der Waals surface area contributed by atoms with Gasteiger partial charge in [-0.1, -0.05) is 32.1 Å². The summed E-state index contributed by atoms with van der Waals surface area (Å²) in [7, 11) is 0. The molecule has 1 saturated heterocycles. The van der Waals surface area contributed by atoms with Gasteiger partial charge in [-0.05, 0) is 32.1 Å². The van der Waals surface area contributed by atoms with E-state index in [-0.39, 0.29) is 19.1 Å². The number of alkyl halides is 11. The summed E-state index contributed by atoms with van der Waals surface area (Å²) >= 11 is 0. The van der Waals surface area contributed by atoms with Crippen molar-refractivity contribution in [3.05, 3.63) is 0 Å². The number of unbranched alkanes of at least 4 members (excludes halogenated alkanes) is 6. The van der Waals surface area contributed by atoms with Crippen LogP contribution in [-0.4, -0.2) is 49.4 Å². The molecule has 0 N–H and O–H groups in total. The third kappa shape index (κ3) is 7.07. The molecule has 2 nitrogen and oxygen atoms in total. The van der Waals surface area contributed by atoms with Crippen LogP contribution in [0.1, 0.15) is 70.6 Å². The molecule has 0 aromatic heterocycles. The van der Waals surface area contributed by atoms with Crippen molar-refractivity contribution in [1.82, 2.24) is 0 Å². The van der Waals surface area contributed by atoms with Crippen molar-refractivity contribution < 1.29 is 57.8 Å². The largest absolute Gasteiger partial charge is 0.460 e.